The van der Waals surface area contributed by atoms with E-state index in [2.05, 4.69) is 20.8 Å². The monoisotopic (exact) mass is 268 g/mol. The first-order valence-corrected chi connectivity index (χ1v) is 6.63. The molecule has 0 radical (unpaired) electrons. The molecule has 0 aliphatic carbocycles. The molecule has 0 saturated carbocycles. The van der Waals surface area contributed by atoms with Crippen LogP contribution in [-0.2, 0) is 11.2 Å². The molecule has 0 heterocycles. The van der Waals surface area contributed by atoms with Crippen LogP contribution in [0.4, 0.5) is 8.78 Å². The van der Waals surface area contributed by atoms with Crippen LogP contribution >= 0.6 is 0 Å². The second-order valence-electron chi connectivity index (χ2n) is 6.49. The van der Waals surface area contributed by atoms with Crippen LogP contribution in [0.1, 0.15) is 46.1 Å². The minimum atomic E-state index is -0.642. The van der Waals surface area contributed by atoms with Crippen molar-refractivity contribution < 1.29 is 13.6 Å². The summed E-state index contributed by atoms with van der Waals surface area (Å²) in [5.74, 6) is -1.17. The number of hydrogen-bond donors (Lipinski definition) is 0. The first-order valence-electron chi connectivity index (χ1n) is 6.63. The first kappa shape index (κ1) is 15.8. The Morgan fingerprint density at radius 1 is 1.21 bits per heavy atom. The number of rotatable bonds is 5. The predicted octanol–water partition coefficient (Wildman–Crippen LogP) is 4.54. The summed E-state index contributed by atoms with van der Waals surface area (Å²) < 4.78 is 26.9. The molecule has 1 aromatic rings. The van der Waals surface area contributed by atoms with E-state index in [1.165, 1.54) is 18.2 Å². The van der Waals surface area contributed by atoms with E-state index in [-0.39, 0.29) is 29.1 Å². The average molecular weight is 268 g/mol. The average Bonchev–Trinajstić information content (AvgIpc) is 2.20. The Hall–Kier alpha value is -1.25. The molecule has 0 spiro atoms. The summed E-state index contributed by atoms with van der Waals surface area (Å²) in [6.45, 7) is 8.35. The van der Waals surface area contributed by atoms with E-state index in [1.807, 2.05) is 6.92 Å². The Labute approximate surface area is 114 Å². The van der Waals surface area contributed by atoms with Gasteiger partial charge >= 0.3 is 0 Å². The number of ketones is 1. The van der Waals surface area contributed by atoms with Crippen LogP contribution in [0.5, 0.6) is 0 Å². The van der Waals surface area contributed by atoms with Crippen molar-refractivity contribution in [3.8, 4) is 0 Å². The molecule has 1 aromatic carbocycles. The smallest absolute Gasteiger partial charge is 0.137 e. The highest BCUT2D eigenvalue weighted by Gasteiger charge is 2.19. The van der Waals surface area contributed by atoms with Gasteiger partial charge in [0.05, 0.1) is 0 Å². The van der Waals surface area contributed by atoms with Crippen molar-refractivity contribution in [3.63, 3.8) is 0 Å². The second-order valence-corrected chi connectivity index (χ2v) is 6.49. The van der Waals surface area contributed by atoms with Crippen LogP contribution in [0.3, 0.4) is 0 Å². The number of carbonyl (C=O) groups is 1. The lowest BCUT2D eigenvalue weighted by molar-refractivity contribution is -0.119. The Morgan fingerprint density at radius 2 is 1.74 bits per heavy atom. The Bertz CT molecular complexity index is 426. The lowest BCUT2D eigenvalue weighted by atomic mass is 9.83. The maximum Gasteiger partial charge on any atom is 0.137 e. The lowest BCUT2D eigenvalue weighted by Crippen LogP contribution is -2.16. The molecular formula is C16H22F2O. The van der Waals surface area contributed by atoms with Crippen molar-refractivity contribution in [1.29, 1.82) is 0 Å². The fourth-order valence-electron chi connectivity index (χ4n) is 2.48. The molecule has 1 atom stereocenters. The van der Waals surface area contributed by atoms with Gasteiger partial charge in [-0.25, -0.2) is 8.78 Å². The van der Waals surface area contributed by atoms with Crippen LogP contribution in [0.15, 0.2) is 18.2 Å². The van der Waals surface area contributed by atoms with Crippen LogP contribution in [0.25, 0.3) is 0 Å². The quantitative estimate of drug-likeness (QED) is 0.766. The Morgan fingerprint density at radius 3 is 2.21 bits per heavy atom. The van der Waals surface area contributed by atoms with Gasteiger partial charge in [-0.1, -0.05) is 33.8 Å². The number of carbonyl (C=O) groups excluding carboxylic acids is 1. The topological polar surface area (TPSA) is 17.1 Å². The van der Waals surface area contributed by atoms with Gasteiger partial charge in [-0.3, -0.25) is 4.79 Å². The van der Waals surface area contributed by atoms with E-state index < -0.39 is 11.6 Å². The summed E-state index contributed by atoms with van der Waals surface area (Å²) in [7, 11) is 0. The molecule has 0 fully saturated rings. The van der Waals surface area contributed by atoms with Crippen molar-refractivity contribution in [3.05, 3.63) is 35.4 Å². The highest BCUT2D eigenvalue weighted by molar-refractivity contribution is 5.81. The van der Waals surface area contributed by atoms with Crippen LogP contribution in [-0.4, -0.2) is 5.78 Å². The molecule has 0 bridgehead atoms. The highest BCUT2D eigenvalue weighted by Crippen LogP contribution is 2.26. The minimum absolute atomic E-state index is 0.110. The van der Waals surface area contributed by atoms with Gasteiger partial charge in [0, 0.05) is 18.4 Å². The van der Waals surface area contributed by atoms with Crippen molar-refractivity contribution in [2.75, 3.05) is 0 Å². The Balaban J connectivity index is 2.61. The molecule has 1 unspecified atom stereocenters. The van der Waals surface area contributed by atoms with E-state index in [1.54, 1.807) is 0 Å². The lowest BCUT2D eigenvalue weighted by Gasteiger charge is -2.22. The molecule has 19 heavy (non-hydrogen) atoms. The van der Waals surface area contributed by atoms with Gasteiger partial charge in [-0.05, 0) is 29.9 Å². The molecular weight excluding hydrogens is 246 g/mol. The SMILES string of the molecule is CC(CC(=O)Cc1c(F)cccc1F)CC(C)(C)C. The molecule has 0 aliphatic heterocycles. The number of Topliss-reactive ketones (excluding diaryl/α,β-unsaturated/α-hetero) is 1. The largest absolute Gasteiger partial charge is 0.299 e. The van der Waals surface area contributed by atoms with E-state index in [9.17, 15) is 13.6 Å². The van der Waals surface area contributed by atoms with Crippen LogP contribution < -0.4 is 0 Å². The zero-order valence-corrected chi connectivity index (χ0v) is 12.1. The number of benzene rings is 1. The van der Waals surface area contributed by atoms with Gasteiger partial charge in [0.1, 0.15) is 17.4 Å². The van der Waals surface area contributed by atoms with Gasteiger partial charge in [-0.2, -0.15) is 0 Å². The molecule has 1 nitrogen and oxygen atoms in total. The summed E-state index contributed by atoms with van der Waals surface area (Å²) in [5.41, 5.74) is 0.0404. The van der Waals surface area contributed by atoms with Crippen molar-refractivity contribution in [2.24, 2.45) is 11.3 Å². The maximum atomic E-state index is 13.4. The number of hydrogen-bond acceptors (Lipinski definition) is 1. The van der Waals surface area contributed by atoms with E-state index in [4.69, 9.17) is 0 Å². The third kappa shape index (κ3) is 5.50. The van der Waals surface area contributed by atoms with Crippen molar-refractivity contribution in [1.82, 2.24) is 0 Å². The van der Waals surface area contributed by atoms with Gasteiger partial charge in [-0.15, -0.1) is 0 Å². The zero-order valence-electron chi connectivity index (χ0n) is 12.1. The number of halogens is 2. The van der Waals surface area contributed by atoms with E-state index in [0.717, 1.165) is 6.42 Å². The first-order chi connectivity index (χ1) is 8.69. The molecule has 0 aliphatic rings. The fourth-order valence-corrected chi connectivity index (χ4v) is 2.48. The zero-order chi connectivity index (χ0) is 14.6. The van der Waals surface area contributed by atoms with Gasteiger partial charge in [0.2, 0.25) is 0 Å². The van der Waals surface area contributed by atoms with E-state index in [0.29, 0.717) is 6.42 Å². The molecule has 106 valence electrons. The van der Waals surface area contributed by atoms with Crippen LogP contribution in [0, 0.1) is 23.0 Å². The van der Waals surface area contributed by atoms with Crippen molar-refractivity contribution in [2.45, 2.75) is 47.0 Å². The standard InChI is InChI=1S/C16H22F2O/c1-11(10-16(2,3)4)8-12(19)9-13-14(17)6-5-7-15(13)18/h5-7,11H,8-10H2,1-4H3. The Kier molecular flexibility index (Phi) is 5.21. The summed E-state index contributed by atoms with van der Waals surface area (Å²) in [6.07, 6.45) is 1.12. The third-order valence-electron chi connectivity index (χ3n) is 2.97. The van der Waals surface area contributed by atoms with Gasteiger partial charge in [0.15, 0.2) is 0 Å². The summed E-state index contributed by atoms with van der Waals surface area (Å²) >= 11 is 0. The second kappa shape index (κ2) is 6.27. The molecule has 0 aromatic heterocycles. The van der Waals surface area contributed by atoms with Gasteiger partial charge in [0.25, 0.3) is 0 Å². The highest BCUT2D eigenvalue weighted by atomic mass is 19.1. The maximum absolute atomic E-state index is 13.4. The molecule has 3 heteroatoms. The fraction of sp³-hybridized carbons (Fsp3) is 0.562. The molecule has 0 N–H and O–H groups in total. The van der Waals surface area contributed by atoms with Crippen LogP contribution in [0.2, 0.25) is 0 Å². The molecule has 0 saturated heterocycles. The molecule has 0 amide bonds. The van der Waals surface area contributed by atoms with Gasteiger partial charge < -0.3 is 0 Å². The van der Waals surface area contributed by atoms with E-state index >= 15 is 0 Å². The third-order valence-corrected chi connectivity index (χ3v) is 2.97. The predicted molar refractivity (Wildman–Crippen MR) is 72.9 cm³/mol. The summed E-state index contributed by atoms with van der Waals surface area (Å²) in [4.78, 5) is 11.9. The summed E-state index contributed by atoms with van der Waals surface area (Å²) in [5, 5.41) is 0. The normalized spacial score (nSPS) is 13.4. The van der Waals surface area contributed by atoms with Crippen molar-refractivity contribution >= 4 is 5.78 Å². The molecule has 1 rings (SSSR count). The minimum Gasteiger partial charge on any atom is -0.299 e. The summed E-state index contributed by atoms with van der Waals surface area (Å²) in [6, 6.07) is 3.68.